The fourth-order valence-corrected chi connectivity index (χ4v) is 2.34. The van der Waals surface area contributed by atoms with Crippen LogP contribution in [0.25, 0.3) is 11.0 Å². The minimum Gasteiger partial charge on any atom is -0.354 e. The molecule has 0 fully saturated rings. The van der Waals surface area contributed by atoms with Gasteiger partial charge >= 0.3 is 0 Å². The lowest BCUT2D eigenvalue weighted by atomic mass is 10.3. The van der Waals surface area contributed by atoms with Crippen LogP contribution in [0.5, 0.6) is 0 Å². The third-order valence-electron chi connectivity index (χ3n) is 2.76. The molecule has 4 heteroatoms. The van der Waals surface area contributed by atoms with Gasteiger partial charge in [0.25, 0.3) is 0 Å². The maximum atomic E-state index is 4.36. The largest absolute Gasteiger partial charge is 0.354 e. The van der Waals surface area contributed by atoms with Crippen LogP contribution in [0, 0.1) is 0 Å². The van der Waals surface area contributed by atoms with Crippen LogP contribution in [0.1, 0.15) is 0 Å². The quantitative estimate of drug-likeness (QED) is 0.694. The lowest BCUT2D eigenvalue weighted by molar-refractivity contribution is 1.32. The minimum atomic E-state index is 0.915. The summed E-state index contributed by atoms with van der Waals surface area (Å²) >= 11 is 1.74. The van der Waals surface area contributed by atoms with Gasteiger partial charge in [0, 0.05) is 22.2 Å². The Bertz CT molecular complexity index is 675. The van der Waals surface area contributed by atoms with E-state index in [9.17, 15) is 0 Å². The summed E-state index contributed by atoms with van der Waals surface area (Å²) in [6.07, 6.45) is 5.81. The molecule has 0 aliphatic heterocycles. The molecule has 0 bridgehead atoms. The molecule has 0 saturated carbocycles. The van der Waals surface area contributed by atoms with Gasteiger partial charge in [-0.1, -0.05) is 6.07 Å². The monoisotopic (exact) mass is 255 g/mol. The van der Waals surface area contributed by atoms with Crippen molar-refractivity contribution in [2.75, 3.05) is 11.6 Å². The molecular weight excluding hydrogens is 242 g/mol. The number of H-pyrrole nitrogens is 1. The Morgan fingerprint density at radius 2 is 2.11 bits per heavy atom. The summed E-state index contributed by atoms with van der Waals surface area (Å²) < 4.78 is 0. The summed E-state index contributed by atoms with van der Waals surface area (Å²) in [5, 5.41) is 4.48. The van der Waals surface area contributed by atoms with Crippen molar-refractivity contribution in [2.45, 2.75) is 4.90 Å². The van der Waals surface area contributed by atoms with E-state index in [0.717, 1.165) is 22.4 Å². The smallest absolute Gasteiger partial charge is 0.137 e. The zero-order chi connectivity index (χ0) is 12.4. The Morgan fingerprint density at radius 3 is 3.00 bits per heavy atom. The number of aromatic nitrogens is 2. The molecule has 0 unspecified atom stereocenters. The molecule has 3 rings (SSSR count). The number of aromatic amines is 1. The summed E-state index contributed by atoms with van der Waals surface area (Å²) in [6.45, 7) is 0. The first-order valence-corrected chi connectivity index (χ1v) is 6.92. The highest BCUT2D eigenvalue weighted by Gasteiger charge is 2.00. The van der Waals surface area contributed by atoms with E-state index in [1.54, 1.807) is 11.8 Å². The fourth-order valence-electron chi connectivity index (χ4n) is 1.88. The van der Waals surface area contributed by atoms with Crippen molar-refractivity contribution in [3.63, 3.8) is 0 Å². The van der Waals surface area contributed by atoms with Crippen LogP contribution in [-0.2, 0) is 0 Å². The summed E-state index contributed by atoms with van der Waals surface area (Å²) in [7, 11) is 0. The Hall–Kier alpha value is -1.94. The number of rotatable bonds is 3. The molecule has 0 aliphatic rings. The first-order chi connectivity index (χ1) is 8.85. The fraction of sp³-hybridized carbons (Fsp3) is 0.0714. The highest BCUT2D eigenvalue weighted by Crippen LogP contribution is 2.23. The third kappa shape index (κ3) is 2.19. The maximum absolute atomic E-state index is 4.36. The van der Waals surface area contributed by atoms with Crippen molar-refractivity contribution in [2.24, 2.45) is 0 Å². The van der Waals surface area contributed by atoms with Gasteiger partial charge in [0.15, 0.2) is 0 Å². The number of nitrogens with one attached hydrogen (secondary N) is 2. The van der Waals surface area contributed by atoms with Gasteiger partial charge in [-0.05, 0) is 36.6 Å². The molecule has 0 saturated heterocycles. The van der Waals surface area contributed by atoms with E-state index in [1.165, 1.54) is 4.90 Å². The van der Waals surface area contributed by atoms with Crippen LogP contribution in [0.2, 0.25) is 0 Å². The average molecular weight is 255 g/mol. The molecule has 3 nitrogen and oxygen atoms in total. The van der Waals surface area contributed by atoms with Gasteiger partial charge in [0.05, 0.1) is 11.9 Å². The molecule has 18 heavy (non-hydrogen) atoms. The van der Waals surface area contributed by atoms with Gasteiger partial charge in [-0.3, -0.25) is 0 Å². The van der Waals surface area contributed by atoms with Crippen LogP contribution in [-0.4, -0.2) is 16.2 Å². The Balaban J connectivity index is 1.90. The predicted octanol–water partition coefficient (Wildman–Crippen LogP) is 4.03. The number of hydrogen-bond donors (Lipinski definition) is 2. The average Bonchev–Trinajstić information content (AvgIpc) is 2.86. The summed E-state index contributed by atoms with van der Waals surface area (Å²) in [4.78, 5) is 8.69. The van der Waals surface area contributed by atoms with Crippen molar-refractivity contribution in [3.05, 3.63) is 48.8 Å². The van der Waals surface area contributed by atoms with E-state index in [1.807, 2.05) is 18.5 Å². The van der Waals surface area contributed by atoms with Crippen LogP contribution >= 0.6 is 11.8 Å². The van der Waals surface area contributed by atoms with Gasteiger partial charge in [-0.2, -0.15) is 0 Å². The van der Waals surface area contributed by atoms with E-state index in [-0.39, 0.29) is 0 Å². The van der Waals surface area contributed by atoms with E-state index in [0.29, 0.717) is 0 Å². The SMILES string of the molecule is CSc1cccc(Nc2cnc3[nH]ccc3c2)c1. The van der Waals surface area contributed by atoms with Crippen molar-refractivity contribution < 1.29 is 0 Å². The maximum Gasteiger partial charge on any atom is 0.137 e. The highest BCUT2D eigenvalue weighted by molar-refractivity contribution is 7.98. The predicted molar refractivity (Wildman–Crippen MR) is 77.6 cm³/mol. The topological polar surface area (TPSA) is 40.7 Å². The standard InChI is InChI=1S/C14H13N3S/c1-18-13-4-2-3-11(8-13)17-12-7-10-5-6-15-14(10)16-9-12/h2-9,17H,1H3,(H,15,16). The van der Waals surface area contributed by atoms with Crippen molar-refractivity contribution in [1.29, 1.82) is 0 Å². The van der Waals surface area contributed by atoms with Crippen LogP contribution in [0.15, 0.2) is 53.7 Å². The number of thioether (sulfide) groups is 1. The van der Waals surface area contributed by atoms with Crippen molar-refractivity contribution in [1.82, 2.24) is 9.97 Å². The Kier molecular flexibility index (Phi) is 2.94. The Labute approximate surface area is 110 Å². The lowest BCUT2D eigenvalue weighted by Gasteiger charge is -2.07. The second kappa shape index (κ2) is 4.74. The molecule has 1 aromatic carbocycles. The molecule has 0 spiro atoms. The third-order valence-corrected chi connectivity index (χ3v) is 3.48. The first kappa shape index (κ1) is 11.2. The number of pyridine rings is 1. The van der Waals surface area contributed by atoms with Gasteiger partial charge in [-0.25, -0.2) is 4.98 Å². The van der Waals surface area contributed by atoms with E-state index in [2.05, 4.69) is 51.9 Å². The Morgan fingerprint density at radius 1 is 1.17 bits per heavy atom. The normalized spacial score (nSPS) is 10.7. The number of nitrogens with zero attached hydrogens (tertiary/aromatic N) is 1. The molecule has 0 aliphatic carbocycles. The van der Waals surface area contributed by atoms with Gasteiger partial charge in [-0.15, -0.1) is 11.8 Å². The van der Waals surface area contributed by atoms with E-state index in [4.69, 9.17) is 0 Å². The number of fused-ring (bicyclic) bond motifs is 1. The van der Waals surface area contributed by atoms with Gasteiger partial charge < -0.3 is 10.3 Å². The molecule has 3 aromatic rings. The van der Waals surface area contributed by atoms with Crippen LogP contribution < -0.4 is 5.32 Å². The molecule has 0 radical (unpaired) electrons. The summed E-state index contributed by atoms with van der Waals surface area (Å²) in [6, 6.07) is 12.4. The highest BCUT2D eigenvalue weighted by atomic mass is 32.2. The summed E-state index contributed by atoms with van der Waals surface area (Å²) in [5.41, 5.74) is 3.00. The lowest BCUT2D eigenvalue weighted by Crippen LogP contribution is -1.91. The van der Waals surface area contributed by atoms with Crippen LogP contribution in [0.3, 0.4) is 0 Å². The first-order valence-electron chi connectivity index (χ1n) is 5.69. The van der Waals surface area contributed by atoms with E-state index >= 15 is 0 Å². The van der Waals surface area contributed by atoms with E-state index < -0.39 is 0 Å². The zero-order valence-corrected chi connectivity index (χ0v) is 10.8. The molecular formula is C14H13N3S. The second-order valence-electron chi connectivity index (χ2n) is 4.00. The molecule has 90 valence electrons. The molecule has 2 heterocycles. The van der Waals surface area contributed by atoms with Crippen molar-refractivity contribution >= 4 is 34.2 Å². The minimum absolute atomic E-state index is 0.915. The number of anilines is 2. The van der Waals surface area contributed by atoms with Gasteiger partial charge in [0.1, 0.15) is 5.65 Å². The summed E-state index contributed by atoms with van der Waals surface area (Å²) in [5.74, 6) is 0. The number of hydrogen-bond acceptors (Lipinski definition) is 3. The molecule has 2 N–H and O–H groups in total. The molecule has 2 aromatic heterocycles. The second-order valence-corrected chi connectivity index (χ2v) is 4.88. The van der Waals surface area contributed by atoms with Crippen molar-refractivity contribution in [3.8, 4) is 0 Å². The van der Waals surface area contributed by atoms with Gasteiger partial charge in [0.2, 0.25) is 0 Å². The molecule has 0 amide bonds. The molecule has 0 atom stereocenters. The van der Waals surface area contributed by atoms with Crippen LogP contribution in [0.4, 0.5) is 11.4 Å². The number of benzene rings is 1. The zero-order valence-electron chi connectivity index (χ0n) is 9.97.